The first-order valence-electron chi connectivity index (χ1n) is 22.6. The molecule has 0 spiro atoms. The SMILES string of the molecule is CNC(=O)[C@H](C)NC(=O)[C@@H](NC(=O)CCOCCOCCOCCOCCOCCOCCOCCOCCNC(=O)CCN1C(=O)CC(C2CCCCCCC2)C1=O)C(C)C. The lowest BCUT2D eigenvalue weighted by atomic mass is 9.81. The maximum Gasteiger partial charge on any atom is 0.243 e. The lowest BCUT2D eigenvalue weighted by Crippen LogP contribution is -2.54. The van der Waals surface area contributed by atoms with E-state index in [-0.39, 0.29) is 79.7 Å². The molecule has 1 unspecified atom stereocenters. The molecular weight excluding hydrogens is 810 g/mol. The van der Waals surface area contributed by atoms with E-state index in [9.17, 15) is 28.8 Å². The van der Waals surface area contributed by atoms with Crippen LogP contribution < -0.4 is 21.3 Å². The number of ether oxygens (including phenoxy) is 8. The molecule has 0 aromatic rings. The van der Waals surface area contributed by atoms with Crippen LogP contribution in [0.4, 0.5) is 0 Å². The third-order valence-corrected chi connectivity index (χ3v) is 10.5. The molecule has 1 aliphatic carbocycles. The zero-order valence-corrected chi connectivity index (χ0v) is 37.8. The number of nitrogens with one attached hydrogen (secondary N) is 4. The predicted octanol–water partition coefficient (Wildman–Crippen LogP) is 1.14. The number of carbonyl (C=O) groups excluding carboxylic acids is 6. The van der Waals surface area contributed by atoms with E-state index >= 15 is 0 Å². The molecule has 0 radical (unpaired) electrons. The summed E-state index contributed by atoms with van der Waals surface area (Å²) in [6.07, 6.45) is 8.37. The van der Waals surface area contributed by atoms with Crippen molar-refractivity contribution in [2.75, 3.05) is 126 Å². The molecule has 62 heavy (non-hydrogen) atoms. The summed E-state index contributed by atoms with van der Waals surface area (Å²) < 4.78 is 43.9. The van der Waals surface area contributed by atoms with Crippen LogP contribution in [0.3, 0.4) is 0 Å². The number of imide groups is 1. The second-order valence-corrected chi connectivity index (χ2v) is 15.7. The number of hydrogen-bond acceptors (Lipinski definition) is 14. The second-order valence-electron chi connectivity index (χ2n) is 15.7. The Hall–Kier alpha value is -3.30. The molecule has 1 saturated heterocycles. The summed E-state index contributed by atoms with van der Waals surface area (Å²) in [6.45, 7) is 11.9. The van der Waals surface area contributed by atoms with Crippen LogP contribution in [-0.2, 0) is 66.7 Å². The maximum absolute atomic E-state index is 13.0. The quantitative estimate of drug-likeness (QED) is 0.0512. The van der Waals surface area contributed by atoms with Gasteiger partial charge in [-0.05, 0) is 31.6 Å². The van der Waals surface area contributed by atoms with Crippen LogP contribution in [0.1, 0.15) is 85.0 Å². The van der Waals surface area contributed by atoms with Crippen molar-refractivity contribution >= 4 is 35.4 Å². The van der Waals surface area contributed by atoms with Crippen LogP contribution in [-0.4, -0.2) is 178 Å². The number of carbonyl (C=O) groups is 6. The van der Waals surface area contributed by atoms with Gasteiger partial charge in [0.05, 0.1) is 112 Å². The summed E-state index contributed by atoms with van der Waals surface area (Å²) >= 11 is 0. The highest BCUT2D eigenvalue weighted by Gasteiger charge is 2.42. The Morgan fingerprint density at radius 3 is 1.50 bits per heavy atom. The minimum Gasteiger partial charge on any atom is -0.379 e. The third kappa shape index (κ3) is 25.1. The molecular formula is C43H77N5O14. The van der Waals surface area contributed by atoms with Crippen molar-refractivity contribution in [1.82, 2.24) is 26.2 Å². The van der Waals surface area contributed by atoms with Crippen LogP contribution in [0, 0.1) is 17.8 Å². The molecule has 2 fully saturated rings. The number of amides is 6. The Balaban J connectivity index is 1.27. The largest absolute Gasteiger partial charge is 0.379 e. The number of likely N-dealkylation sites (tertiary alicyclic amines) is 1. The van der Waals surface area contributed by atoms with Gasteiger partial charge in [-0.3, -0.25) is 33.7 Å². The Labute approximate surface area is 368 Å². The predicted molar refractivity (Wildman–Crippen MR) is 228 cm³/mol. The van der Waals surface area contributed by atoms with Gasteiger partial charge in [0.2, 0.25) is 35.4 Å². The highest BCUT2D eigenvalue weighted by molar-refractivity contribution is 6.04. The van der Waals surface area contributed by atoms with Crippen molar-refractivity contribution < 1.29 is 66.7 Å². The Morgan fingerprint density at radius 1 is 0.581 bits per heavy atom. The van der Waals surface area contributed by atoms with E-state index in [1.807, 2.05) is 13.8 Å². The number of rotatable bonds is 36. The first-order chi connectivity index (χ1) is 30.0. The van der Waals surface area contributed by atoms with Gasteiger partial charge in [-0.2, -0.15) is 0 Å². The van der Waals surface area contributed by atoms with Crippen LogP contribution >= 0.6 is 0 Å². The van der Waals surface area contributed by atoms with Gasteiger partial charge in [0.25, 0.3) is 0 Å². The summed E-state index contributed by atoms with van der Waals surface area (Å²) in [5, 5.41) is 10.6. The van der Waals surface area contributed by atoms with Crippen LogP contribution in [0.2, 0.25) is 0 Å². The van der Waals surface area contributed by atoms with Crippen molar-refractivity contribution in [2.45, 2.75) is 97.1 Å². The number of nitrogens with zero attached hydrogens (tertiary/aromatic N) is 1. The molecule has 358 valence electrons. The number of likely N-dealkylation sites (N-methyl/N-ethyl adjacent to an activating group) is 1. The molecule has 1 saturated carbocycles. The normalized spacial score (nSPS) is 17.1. The topological polar surface area (TPSA) is 228 Å². The van der Waals surface area contributed by atoms with Gasteiger partial charge in [0, 0.05) is 39.4 Å². The maximum atomic E-state index is 13.0. The number of hydrogen-bond donors (Lipinski definition) is 4. The molecule has 19 nitrogen and oxygen atoms in total. The minimum absolute atomic E-state index is 0.0877. The van der Waals surface area contributed by atoms with Crippen molar-refractivity contribution in [3.05, 3.63) is 0 Å². The van der Waals surface area contributed by atoms with Crippen molar-refractivity contribution in [2.24, 2.45) is 17.8 Å². The summed E-state index contributed by atoms with van der Waals surface area (Å²) in [7, 11) is 1.49. The average molecular weight is 888 g/mol. The summed E-state index contributed by atoms with van der Waals surface area (Å²) in [6, 6.07) is -1.48. The first-order valence-corrected chi connectivity index (χ1v) is 22.6. The van der Waals surface area contributed by atoms with Crippen molar-refractivity contribution in [3.8, 4) is 0 Å². The molecule has 0 aromatic carbocycles. The van der Waals surface area contributed by atoms with E-state index in [0.29, 0.717) is 106 Å². The zero-order valence-electron chi connectivity index (χ0n) is 37.8. The van der Waals surface area contributed by atoms with Crippen molar-refractivity contribution in [3.63, 3.8) is 0 Å². The van der Waals surface area contributed by atoms with E-state index in [2.05, 4.69) is 21.3 Å². The van der Waals surface area contributed by atoms with Gasteiger partial charge < -0.3 is 59.2 Å². The lowest BCUT2D eigenvalue weighted by molar-refractivity contribution is -0.140. The van der Waals surface area contributed by atoms with Crippen LogP contribution in [0.15, 0.2) is 0 Å². The average Bonchev–Trinajstić information content (AvgIpc) is 3.52. The van der Waals surface area contributed by atoms with Gasteiger partial charge in [-0.15, -0.1) is 0 Å². The lowest BCUT2D eigenvalue weighted by Gasteiger charge is -2.24. The highest BCUT2D eigenvalue weighted by atomic mass is 16.6. The first kappa shape index (κ1) is 54.8. The zero-order chi connectivity index (χ0) is 45.2. The second kappa shape index (κ2) is 35.1. The molecule has 4 N–H and O–H groups in total. The fourth-order valence-electron chi connectivity index (χ4n) is 6.94. The van der Waals surface area contributed by atoms with E-state index in [4.69, 9.17) is 37.9 Å². The summed E-state index contributed by atoms with van der Waals surface area (Å²) in [4.78, 5) is 75.6. The highest BCUT2D eigenvalue weighted by Crippen LogP contribution is 2.35. The van der Waals surface area contributed by atoms with Crippen LogP contribution in [0.25, 0.3) is 0 Å². The molecule has 1 heterocycles. The summed E-state index contributed by atoms with van der Waals surface area (Å²) in [5.41, 5.74) is 0. The van der Waals surface area contributed by atoms with Gasteiger partial charge in [-0.1, -0.05) is 46.0 Å². The van der Waals surface area contributed by atoms with Gasteiger partial charge in [0.15, 0.2) is 0 Å². The molecule has 3 atom stereocenters. The monoisotopic (exact) mass is 888 g/mol. The molecule has 0 bridgehead atoms. The molecule has 2 rings (SSSR count). The standard InChI is InChI=1S/C43H77N5O14/c1-33(2)40(42(53)46-34(3)41(52)44-4)47-38(50)13-16-55-18-20-57-22-24-59-26-28-61-30-31-62-29-27-60-25-23-58-21-19-56-17-14-45-37(49)12-15-48-39(51)32-36(43(48)54)35-10-8-6-5-7-9-11-35/h33-36,40H,5-32H2,1-4H3,(H,44,52)(H,45,49)(H,46,53)(H,47,50)/t34-,36?,40-/m0/s1. The van der Waals surface area contributed by atoms with Crippen LogP contribution in [0.5, 0.6) is 0 Å². The van der Waals surface area contributed by atoms with E-state index < -0.39 is 18.0 Å². The Kier molecular flexibility index (Phi) is 31.0. The van der Waals surface area contributed by atoms with Gasteiger partial charge in [0.1, 0.15) is 12.1 Å². The molecule has 1 aliphatic heterocycles. The van der Waals surface area contributed by atoms with Gasteiger partial charge >= 0.3 is 0 Å². The Bertz CT molecular complexity index is 1270. The molecule has 19 heteroatoms. The van der Waals surface area contributed by atoms with E-state index in [1.165, 1.54) is 31.2 Å². The molecule has 0 aromatic heterocycles. The molecule has 2 aliphatic rings. The summed E-state index contributed by atoms with van der Waals surface area (Å²) in [5.74, 6) is -1.63. The van der Waals surface area contributed by atoms with Crippen molar-refractivity contribution in [1.29, 1.82) is 0 Å². The fourth-order valence-corrected chi connectivity index (χ4v) is 6.94. The Morgan fingerprint density at radius 2 is 1.03 bits per heavy atom. The van der Waals surface area contributed by atoms with E-state index in [1.54, 1.807) is 6.92 Å². The fraction of sp³-hybridized carbons (Fsp3) is 0.860. The van der Waals surface area contributed by atoms with Gasteiger partial charge in [-0.25, -0.2) is 0 Å². The minimum atomic E-state index is -0.764. The van der Waals surface area contributed by atoms with E-state index in [0.717, 1.165) is 25.7 Å². The third-order valence-electron chi connectivity index (χ3n) is 10.5. The smallest absolute Gasteiger partial charge is 0.243 e. The molecule has 6 amide bonds.